The van der Waals surface area contributed by atoms with Crippen LogP contribution in [0.3, 0.4) is 0 Å². The molecular formula is C20H15ClINO3S. The van der Waals surface area contributed by atoms with Crippen molar-refractivity contribution in [3.63, 3.8) is 0 Å². The third kappa shape index (κ3) is 4.17. The molecular weight excluding hydrogens is 497 g/mol. The molecule has 3 aromatic rings. The van der Waals surface area contributed by atoms with Gasteiger partial charge in [-0.15, -0.1) is 11.3 Å². The van der Waals surface area contributed by atoms with Crippen LogP contribution in [0.4, 0.5) is 5.00 Å². The predicted molar refractivity (Wildman–Crippen MR) is 118 cm³/mol. The molecule has 2 aromatic carbocycles. The number of methoxy groups -OCH3 is 1. The molecule has 0 radical (unpaired) electrons. The lowest BCUT2D eigenvalue weighted by atomic mass is 10.0. The Kier molecular flexibility index (Phi) is 6.18. The van der Waals surface area contributed by atoms with Crippen LogP contribution in [0, 0.1) is 10.5 Å². The Morgan fingerprint density at radius 2 is 1.89 bits per heavy atom. The molecule has 0 aliphatic carbocycles. The summed E-state index contributed by atoms with van der Waals surface area (Å²) in [4.78, 5) is 26.1. The van der Waals surface area contributed by atoms with E-state index < -0.39 is 5.97 Å². The molecule has 1 N–H and O–H groups in total. The van der Waals surface area contributed by atoms with E-state index in [1.165, 1.54) is 18.4 Å². The van der Waals surface area contributed by atoms with E-state index in [4.69, 9.17) is 16.3 Å². The van der Waals surface area contributed by atoms with Gasteiger partial charge in [0.1, 0.15) is 10.6 Å². The van der Waals surface area contributed by atoms with Crippen LogP contribution in [0.15, 0.2) is 48.5 Å². The molecule has 0 aliphatic heterocycles. The summed E-state index contributed by atoms with van der Waals surface area (Å²) in [5, 5.41) is 3.89. The zero-order valence-corrected chi connectivity index (χ0v) is 18.2. The highest BCUT2D eigenvalue weighted by Crippen LogP contribution is 2.41. The van der Waals surface area contributed by atoms with E-state index in [-0.39, 0.29) is 5.91 Å². The number of ether oxygens (including phenoxy) is 1. The number of rotatable bonds is 4. The molecule has 0 saturated heterocycles. The maximum absolute atomic E-state index is 12.7. The van der Waals surface area contributed by atoms with Crippen molar-refractivity contribution >= 4 is 62.4 Å². The number of esters is 1. The number of carbonyl (C=O) groups excluding carboxylic acids is 2. The topological polar surface area (TPSA) is 55.4 Å². The summed E-state index contributed by atoms with van der Waals surface area (Å²) >= 11 is 9.56. The molecule has 0 spiro atoms. The maximum Gasteiger partial charge on any atom is 0.341 e. The third-order valence-corrected chi connectivity index (χ3v) is 6.13. The summed E-state index contributed by atoms with van der Waals surface area (Å²) in [6.07, 6.45) is 0. The van der Waals surface area contributed by atoms with Crippen molar-refractivity contribution in [3.05, 3.63) is 73.1 Å². The number of nitrogens with one attached hydrogen (secondary N) is 1. The fraction of sp³-hybridized carbons (Fsp3) is 0.100. The second-order valence-corrected chi connectivity index (χ2v) is 8.50. The van der Waals surface area contributed by atoms with Crippen LogP contribution in [-0.4, -0.2) is 19.0 Å². The zero-order chi connectivity index (χ0) is 19.6. The number of amides is 1. The van der Waals surface area contributed by atoms with Gasteiger partial charge >= 0.3 is 5.97 Å². The normalized spacial score (nSPS) is 10.5. The van der Waals surface area contributed by atoms with Gasteiger partial charge in [-0.1, -0.05) is 35.9 Å². The molecule has 27 heavy (non-hydrogen) atoms. The molecule has 1 aromatic heterocycles. The Balaban J connectivity index is 2.09. The minimum absolute atomic E-state index is 0.274. The number of halogens is 2. The van der Waals surface area contributed by atoms with Crippen LogP contribution >= 0.6 is 45.5 Å². The van der Waals surface area contributed by atoms with Crippen LogP contribution in [0.2, 0.25) is 5.02 Å². The number of benzene rings is 2. The number of aryl methyl sites for hydroxylation is 1. The lowest BCUT2D eigenvalue weighted by Gasteiger charge is -2.09. The SMILES string of the molecule is COC(=O)c1c(NC(=O)c2ccccc2I)sc(C)c1-c1cccc(Cl)c1. The van der Waals surface area contributed by atoms with E-state index in [0.29, 0.717) is 26.7 Å². The molecule has 1 heterocycles. The molecule has 0 fully saturated rings. The van der Waals surface area contributed by atoms with Crippen LogP contribution in [0.25, 0.3) is 11.1 Å². The first-order valence-corrected chi connectivity index (χ1v) is 10.2. The summed E-state index contributed by atoms with van der Waals surface area (Å²) in [6, 6.07) is 14.5. The van der Waals surface area contributed by atoms with Crippen molar-refractivity contribution in [3.8, 4) is 11.1 Å². The van der Waals surface area contributed by atoms with Gasteiger partial charge in [-0.25, -0.2) is 4.79 Å². The summed E-state index contributed by atoms with van der Waals surface area (Å²) in [5.74, 6) is -0.781. The van der Waals surface area contributed by atoms with E-state index >= 15 is 0 Å². The first-order chi connectivity index (χ1) is 12.9. The van der Waals surface area contributed by atoms with Gasteiger partial charge in [-0.3, -0.25) is 4.79 Å². The fourth-order valence-corrected chi connectivity index (χ4v) is 4.62. The van der Waals surface area contributed by atoms with E-state index in [9.17, 15) is 9.59 Å². The smallest absolute Gasteiger partial charge is 0.341 e. The lowest BCUT2D eigenvalue weighted by Crippen LogP contribution is -2.15. The Morgan fingerprint density at radius 1 is 1.15 bits per heavy atom. The largest absolute Gasteiger partial charge is 0.465 e. The highest BCUT2D eigenvalue weighted by molar-refractivity contribution is 14.1. The second kappa shape index (κ2) is 8.41. The van der Waals surface area contributed by atoms with Gasteiger partial charge in [0, 0.05) is 19.0 Å². The van der Waals surface area contributed by atoms with Gasteiger partial charge in [0.15, 0.2) is 0 Å². The van der Waals surface area contributed by atoms with Gasteiger partial charge in [-0.05, 0) is 59.3 Å². The average Bonchev–Trinajstić information content (AvgIpc) is 2.97. The minimum Gasteiger partial charge on any atom is -0.465 e. The van der Waals surface area contributed by atoms with Crippen molar-refractivity contribution < 1.29 is 14.3 Å². The Bertz CT molecular complexity index is 1030. The summed E-state index contributed by atoms with van der Waals surface area (Å²) in [6.45, 7) is 1.90. The van der Waals surface area contributed by atoms with Crippen LogP contribution in [-0.2, 0) is 4.74 Å². The van der Waals surface area contributed by atoms with Gasteiger partial charge in [0.25, 0.3) is 5.91 Å². The first kappa shape index (κ1) is 19.9. The summed E-state index contributed by atoms with van der Waals surface area (Å²) in [5.41, 5.74) is 2.39. The van der Waals surface area contributed by atoms with E-state index in [0.717, 1.165) is 14.0 Å². The van der Waals surface area contributed by atoms with Crippen molar-refractivity contribution in [2.24, 2.45) is 0 Å². The number of hydrogen-bond acceptors (Lipinski definition) is 4. The predicted octanol–water partition coefficient (Wildman–Crippen LogP) is 6.02. The van der Waals surface area contributed by atoms with E-state index in [1.807, 2.05) is 31.2 Å². The van der Waals surface area contributed by atoms with Gasteiger partial charge in [0.2, 0.25) is 0 Å². The highest BCUT2D eigenvalue weighted by Gasteiger charge is 2.25. The molecule has 0 saturated carbocycles. The number of carbonyl (C=O) groups is 2. The third-order valence-electron chi connectivity index (χ3n) is 3.93. The molecule has 1 amide bonds. The quantitative estimate of drug-likeness (QED) is 0.344. The lowest BCUT2D eigenvalue weighted by molar-refractivity contribution is 0.0603. The Hall–Kier alpha value is -1.90. The summed E-state index contributed by atoms with van der Waals surface area (Å²) < 4.78 is 5.80. The molecule has 0 bridgehead atoms. The fourth-order valence-electron chi connectivity index (χ4n) is 2.74. The van der Waals surface area contributed by atoms with E-state index in [1.54, 1.807) is 24.3 Å². The van der Waals surface area contributed by atoms with Crippen molar-refractivity contribution in [1.29, 1.82) is 0 Å². The van der Waals surface area contributed by atoms with Crippen molar-refractivity contribution in [2.75, 3.05) is 12.4 Å². The second-order valence-electron chi connectivity index (χ2n) is 5.67. The minimum atomic E-state index is -0.507. The molecule has 3 rings (SSSR count). The maximum atomic E-state index is 12.7. The summed E-state index contributed by atoms with van der Waals surface area (Å²) in [7, 11) is 1.32. The van der Waals surface area contributed by atoms with Crippen LogP contribution < -0.4 is 5.32 Å². The molecule has 0 atom stereocenters. The van der Waals surface area contributed by atoms with Gasteiger partial charge in [-0.2, -0.15) is 0 Å². The standard InChI is InChI=1S/C20H15ClINO3S/c1-11-16(12-6-5-7-13(21)10-12)17(20(25)26-2)19(27-11)23-18(24)14-8-3-4-9-15(14)22/h3-10H,1-2H3,(H,23,24). The molecule has 138 valence electrons. The van der Waals surface area contributed by atoms with Crippen molar-refractivity contribution in [2.45, 2.75) is 6.92 Å². The monoisotopic (exact) mass is 511 g/mol. The van der Waals surface area contributed by atoms with Crippen molar-refractivity contribution in [1.82, 2.24) is 0 Å². The number of anilines is 1. The molecule has 0 unspecified atom stereocenters. The average molecular weight is 512 g/mol. The first-order valence-electron chi connectivity index (χ1n) is 7.96. The number of thiophene rings is 1. The highest BCUT2D eigenvalue weighted by atomic mass is 127. The molecule has 4 nitrogen and oxygen atoms in total. The molecule has 0 aliphatic rings. The Morgan fingerprint density at radius 3 is 2.56 bits per heavy atom. The van der Waals surface area contributed by atoms with Gasteiger partial charge in [0.05, 0.1) is 12.7 Å². The number of hydrogen-bond donors (Lipinski definition) is 1. The van der Waals surface area contributed by atoms with E-state index in [2.05, 4.69) is 27.9 Å². The zero-order valence-electron chi connectivity index (χ0n) is 14.5. The Labute approximate surface area is 179 Å². The van der Waals surface area contributed by atoms with Gasteiger partial charge < -0.3 is 10.1 Å². The van der Waals surface area contributed by atoms with Crippen LogP contribution in [0.5, 0.6) is 0 Å². The molecule has 7 heteroatoms. The van der Waals surface area contributed by atoms with Crippen LogP contribution in [0.1, 0.15) is 25.6 Å².